The lowest BCUT2D eigenvalue weighted by molar-refractivity contribution is 0.0931. The van der Waals surface area contributed by atoms with Gasteiger partial charge in [0.2, 0.25) is 0 Å². The molecule has 0 aliphatic heterocycles. The van der Waals surface area contributed by atoms with E-state index in [2.05, 4.69) is 20.6 Å². The second-order valence-electron chi connectivity index (χ2n) is 7.46. The standard InChI is InChI=1S/C26H21FN4O3/c1-17-3-2-4-22(15-17)34-21-11-9-20(10-12-21)31-26(33)24-23(28-13-14-29-24)25(32)30-16-18-5-7-19(27)8-6-18/h2-15H,16H2,1H3,(H,30,32)(H,31,33). The molecule has 0 saturated carbocycles. The van der Waals surface area contributed by atoms with Crippen molar-refractivity contribution in [1.82, 2.24) is 15.3 Å². The van der Waals surface area contributed by atoms with Gasteiger partial charge >= 0.3 is 0 Å². The van der Waals surface area contributed by atoms with E-state index in [1.807, 2.05) is 31.2 Å². The second-order valence-corrected chi connectivity index (χ2v) is 7.46. The minimum absolute atomic E-state index is 0.110. The molecule has 0 unspecified atom stereocenters. The van der Waals surface area contributed by atoms with Crippen molar-refractivity contribution >= 4 is 17.5 Å². The minimum atomic E-state index is -0.576. The summed E-state index contributed by atoms with van der Waals surface area (Å²) >= 11 is 0. The highest BCUT2D eigenvalue weighted by molar-refractivity contribution is 6.09. The van der Waals surface area contributed by atoms with Gasteiger partial charge in [-0.05, 0) is 66.6 Å². The normalized spacial score (nSPS) is 10.4. The summed E-state index contributed by atoms with van der Waals surface area (Å²) in [6, 6.07) is 20.2. The summed E-state index contributed by atoms with van der Waals surface area (Å²) in [5.41, 5.74) is 2.08. The molecule has 34 heavy (non-hydrogen) atoms. The maximum Gasteiger partial charge on any atom is 0.276 e. The number of hydrogen-bond donors (Lipinski definition) is 2. The first kappa shape index (κ1) is 22.6. The van der Waals surface area contributed by atoms with Gasteiger partial charge in [-0.15, -0.1) is 0 Å². The molecule has 4 rings (SSSR count). The van der Waals surface area contributed by atoms with Crippen molar-refractivity contribution in [2.45, 2.75) is 13.5 Å². The summed E-state index contributed by atoms with van der Waals surface area (Å²) in [6.45, 7) is 2.13. The van der Waals surface area contributed by atoms with Gasteiger partial charge in [-0.25, -0.2) is 14.4 Å². The summed E-state index contributed by atoms with van der Waals surface area (Å²) in [4.78, 5) is 33.5. The van der Waals surface area contributed by atoms with Crippen molar-refractivity contribution in [3.05, 3.63) is 114 Å². The van der Waals surface area contributed by atoms with E-state index in [0.29, 0.717) is 22.7 Å². The third kappa shape index (κ3) is 5.80. The first-order valence-electron chi connectivity index (χ1n) is 10.5. The van der Waals surface area contributed by atoms with Crippen molar-refractivity contribution in [3.8, 4) is 11.5 Å². The average Bonchev–Trinajstić information content (AvgIpc) is 2.85. The lowest BCUT2D eigenvalue weighted by atomic mass is 10.2. The number of nitrogens with one attached hydrogen (secondary N) is 2. The molecule has 4 aromatic rings. The van der Waals surface area contributed by atoms with E-state index in [4.69, 9.17) is 4.74 Å². The van der Waals surface area contributed by atoms with Crippen LogP contribution >= 0.6 is 0 Å². The fraction of sp³-hybridized carbons (Fsp3) is 0.0769. The number of anilines is 1. The van der Waals surface area contributed by atoms with Gasteiger partial charge in [-0.1, -0.05) is 24.3 Å². The summed E-state index contributed by atoms with van der Waals surface area (Å²) < 4.78 is 18.9. The number of aromatic nitrogens is 2. The predicted molar refractivity (Wildman–Crippen MR) is 125 cm³/mol. The molecule has 0 fully saturated rings. The fourth-order valence-electron chi connectivity index (χ4n) is 3.15. The van der Waals surface area contributed by atoms with Gasteiger partial charge in [0.15, 0.2) is 11.4 Å². The van der Waals surface area contributed by atoms with Gasteiger partial charge in [0.25, 0.3) is 11.8 Å². The Morgan fingerprint density at radius 3 is 2.21 bits per heavy atom. The zero-order chi connectivity index (χ0) is 23.9. The quantitative estimate of drug-likeness (QED) is 0.413. The number of aryl methyl sites for hydroxylation is 1. The Hall–Kier alpha value is -4.59. The molecule has 0 bridgehead atoms. The van der Waals surface area contributed by atoms with E-state index in [-0.39, 0.29) is 23.7 Å². The van der Waals surface area contributed by atoms with Crippen LogP contribution in [0, 0.1) is 12.7 Å². The fourth-order valence-corrected chi connectivity index (χ4v) is 3.15. The largest absolute Gasteiger partial charge is 0.457 e. The van der Waals surface area contributed by atoms with Crippen LogP contribution in [0.2, 0.25) is 0 Å². The number of benzene rings is 3. The van der Waals surface area contributed by atoms with E-state index in [1.165, 1.54) is 24.5 Å². The first-order chi connectivity index (χ1) is 16.5. The van der Waals surface area contributed by atoms with Crippen molar-refractivity contribution < 1.29 is 18.7 Å². The molecule has 3 aromatic carbocycles. The second kappa shape index (κ2) is 10.4. The molecule has 0 saturated heterocycles. The van der Waals surface area contributed by atoms with Crippen molar-refractivity contribution in [3.63, 3.8) is 0 Å². The molecule has 0 aliphatic carbocycles. The van der Waals surface area contributed by atoms with E-state index >= 15 is 0 Å². The van der Waals surface area contributed by atoms with Gasteiger partial charge in [-0.2, -0.15) is 0 Å². The molecule has 0 aliphatic rings. The van der Waals surface area contributed by atoms with E-state index < -0.39 is 11.8 Å². The zero-order valence-corrected chi connectivity index (χ0v) is 18.3. The third-order valence-corrected chi connectivity index (χ3v) is 4.83. The lowest BCUT2D eigenvalue weighted by Gasteiger charge is -2.10. The summed E-state index contributed by atoms with van der Waals surface area (Å²) in [7, 11) is 0. The maximum atomic E-state index is 13.0. The molecule has 0 spiro atoms. The van der Waals surface area contributed by atoms with Crippen LogP contribution in [0.5, 0.6) is 11.5 Å². The van der Waals surface area contributed by atoms with E-state index in [1.54, 1.807) is 36.4 Å². The summed E-state index contributed by atoms with van der Waals surface area (Å²) in [6.07, 6.45) is 2.67. The van der Waals surface area contributed by atoms with Gasteiger partial charge in [0.1, 0.15) is 17.3 Å². The number of amides is 2. The number of halogens is 1. The highest BCUT2D eigenvalue weighted by Gasteiger charge is 2.20. The molecular formula is C26H21FN4O3. The SMILES string of the molecule is Cc1cccc(Oc2ccc(NC(=O)c3nccnc3C(=O)NCc3ccc(F)cc3)cc2)c1. The van der Waals surface area contributed by atoms with Crippen molar-refractivity contribution in [1.29, 1.82) is 0 Å². The van der Waals surface area contributed by atoms with Crippen LogP contribution < -0.4 is 15.4 Å². The molecular weight excluding hydrogens is 435 g/mol. The van der Waals surface area contributed by atoms with Crippen LogP contribution in [0.1, 0.15) is 32.1 Å². The van der Waals surface area contributed by atoms with Crippen LogP contribution in [0.15, 0.2) is 85.2 Å². The first-order valence-corrected chi connectivity index (χ1v) is 10.5. The zero-order valence-electron chi connectivity index (χ0n) is 18.3. The predicted octanol–water partition coefficient (Wildman–Crippen LogP) is 4.90. The Balaban J connectivity index is 1.41. The van der Waals surface area contributed by atoms with Crippen molar-refractivity contribution in [2.75, 3.05) is 5.32 Å². The van der Waals surface area contributed by atoms with Crippen LogP contribution in [0.3, 0.4) is 0 Å². The number of ether oxygens (including phenoxy) is 1. The molecule has 1 aromatic heterocycles. The number of hydrogen-bond acceptors (Lipinski definition) is 5. The topological polar surface area (TPSA) is 93.2 Å². The maximum absolute atomic E-state index is 13.0. The molecule has 0 radical (unpaired) electrons. The Kier molecular flexibility index (Phi) is 6.88. The Morgan fingerprint density at radius 2 is 1.53 bits per heavy atom. The molecule has 1 heterocycles. The van der Waals surface area contributed by atoms with Crippen molar-refractivity contribution in [2.24, 2.45) is 0 Å². The Bertz CT molecular complexity index is 1310. The van der Waals surface area contributed by atoms with E-state index in [0.717, 1.165) is 5.56 Å². The highest BCUT2D eigenvalue weighted by atomic mass is 19.1. The summed E-state index contributed by atoms with van der Waals surface area (Å²) in [5, 5.41) is 5.38. The van der Waals surface area contributed by atoms with Crippen LogP contribution in [0.25, 0.3) is 0 Å². The molecule has 2 N–H and O–H groups in total. The third-order valence-electron chi connectivity index (χ3n) is 4.83. The number of carbonyl (C=O) groups excluding carboxylic acids is 2. The average molecular weight is 456 g/mol. The molecule has 0 atom stereocenters. The molecule has 7 nitrogen and oxygen atoms in total. The number of carbonyl (C=O) groups is 2. The van der Waals surface area contributed by atoms with Gasteiger partial charge in [0.05, 0.1) is 0 Å². The summed E-state index contributed by atoms with van der Waals surface area (Å²) in [5.74, 6) is -0.175. The van der Waals surface area contributed by atoms with Crippen LogP contribution in [-0.4, -0.2) is 21.8 Å². The monoisotopic (exact) mass is 456 g/mol. The molecule has 8 heteroatoms. The molecule has 2 amide bonds. The minimum Gasteiger partial charge on any atom is -0.457 e. The van der Waals surface area contributed by atoms with E-state index in [9.17, 15) is 14.0 Å². The van der Waals surface area contributed by atoms with Gasteiger partial charge < -0.3 is 15.4 Å². The highest BCUT2D eigenvalue weighted by Crippen LogP contribution is 2.24. The van der Waals surface area contributed by atoms with Crippen LogP contribution in [0.4, 0.5) is 10.1 Å². The Morgan fingerprint density at radius 1 is 0.853 bits per heavy atom. The van der Waals surface area contributed by atoms with Crippen LogP contribution in [-0.2, 0) is 6.54 Å². The van der Waals surface area contributed by atoms with Gasteiger partial charge in [0, 0.05) is 24.6 Å². The Labute approximate surface area is 195 Å². The smallest absolute Gasteiger partial charge is 0.276 e. The number of rotatable bonds is 7. The molecule has 170 valence electrons. The lowest BCUT2D eigenvalue weighted by Crippen LogP contribution is -2.28. The number of nitrogens with zero attached hydrogens (tertiary/aromatic N) is 2. The van der Waals surface area contributed by atoms with Gasteiger partial charge in [-0.3, -0.25) is 9.59 Å².